The molecule has 0 aliphatic carbocycles. The quantitative estimate of drug-likeness (QED) is 0.752. The summed E-state index contributed by atoms with van der Waals surface area (Å²) in [5.74, 6) is 0.427. The number of nitrogens with one attached hydrogen (secondary N) is 1. The molecule has 6 nitrogen and oxygen atoms in total. The van der Waals surface area contributed by atoms with Crippen LogP contribution in [0.4, 0.5) is 5.69 Å². The molecule has 0 aliphatic rings. The molecule has 0 radical (unpaired) electrons. The van der Waals surface area contributed by atoms with Crippen molar-refractivity contribution in [3.8, 4) is 5.75 Å². The lowest BCUT2D eigenvalue weighted by molar-refractivity contribution is 0.102. The second-order valence-corrected chi connectivity index (χ2v) is 6.81. The maximum atomic E-state index is 12.2. The van der Waals surface area contributed by atoms with Gasteiger partial charge in [0.15, 0.2) is 0 Å². The Balaban J connectivity index is 1.99. The number of benzene rings is 2. The predicted octanol–water partition coefficient (Wildman–Crippen LogP) is 2.77. The molecule has 0 spiro atoms. The van der Waals surface area contributed by atoms with Crippen molar-refractivity contribution in [3.63, 3.8) is 0 Å². The number of amides is 1. The first-order valence-corrected chi connectivity index (χ1v) is 9.12. The number of hydrogen-bond donors (Lipinski definition) is 2. The first kappa shape index (κ1) is 18.0. The first-order chi connectivity index (χ1) is 11.4. The highest BCUT2D eigenvalue weighted by molar-refractivity contribution is 7.89. The molecule has 1 amide bonds. The fraction of sp³-hybridized carbons (Fsp3) is 0.235. The number of carbonyl (C=O) groups excluding carboxylic acids is 1. The van der Waals surface area contributed by atoms with E-state index in [-0.39, 0.29) is 10.8 Å². The Bertz CT molecular complexity index is 784. The Morgan fingerprint density at radius 2 is 1.71 bits per heavy atom. The van der Waals surface area contributed by atoms with Gasteiger partial charge in [-0.1, -0.05) is 13.3 Å². The maximum absolute atomic E-state index is 12.2. The molecule has 0 saturated heterocycles. The van der Waals surface area contributed by atoms with E-state index in [0.29, 0.717) is 17.9 Å². The summed E-state index contributed by atoms with van der Waals surface area (Å²) in [6.45, 7) is 2.74. The Hall–Kier alpha value is -2.38. The van der Waals surface area contributed by atoms with E-state index >= 15 is 0 Å². The molecule has 0 heterocycles. The van der Waals surface area contributed by atoms with Gasteiger partial charge in [0.25, 0.3) is 5.91 Å². The van der Waals surface area contributed by atoms with Crippen LogP contribution in [0.25, 0.3) is 0 Å². The van der Waals surface area contributed by atoms with Gasteiger partial charge in [-0.05, 0) is 55.0 Å². The zero-order valence-corrected chi connectivity index (χ0v) is 14.2. The summed E-state index contributed by atoms with van der Waals surface area (Å²) in [5.41, 5.74) is 0.962. The third-order valence-electron chi connectivity index (χ3n) is 3.32. The molecule has 7 heteroatoms. The highest BCUT2D eigenvalue weighted by Gasteiger charge is 2.09. The molecule has 0 aromatic heterocycles. The van der Waals surface area contributed by atoms with Crippen molar-refractivity contribution in [1.29, 1.82) is 0 Å². The number of unbranched alkanes of at least 4 members (excludes halogenated alkanes) is 1. The fourth-order valence-corrected chi connectivity index (χ4v) is 2.48. The van der Waals surface area contributed by atoms with E-state index in [4.69, 9.17) is 9.88 Å². The number of nitrogens with two attached hydrogens (primary N) is 1. The molecule has 0 atom stereocenters. The van der Waals surface area contributed by atoms with Crippen LogP contribution in [0.5, 0.6) is 5.75 Å². The SMILES string of the molecule is CCCCOc1ccc(C(=O)Nc2ccc(S(N)(=O)=O)cc2)cc1. The second-order valence-electron chi connectivity index (χ2n) is 5.25. The van der Waals surface area contributed by atoms with Gasteiger partial charge >= 0.3 is 0 Å². The molecule has 24 heavy (non-hydrogen) atoms. The predicted molar refractivity (Wildman–Crippen MR) is 92.6 cm³/mol. The highest BCUT2D eigenvalue weighted by atomic mass is 32.2. The summed E-state index contributed by atoms with van der Waals surface area (Å²) >= 11 is 0. The third kappa shape index (κ3) is 5.07. The molecule has 0 saturated carbocycles. The number of primary sulfonamides is 1. The molecule has 128 valence electrons. The van der Waals surface area contributed by atoms with Crippen molar-refractivity contribution < 1.29 is 17.9 Å². The van der Waals surface area contributed by atoms with Gasteiger partial charge in [0, 0.05) is 11.3 Å². The maximum Gasteiger partial charge on any atom is 0.255 e. The van der Waals surface area contributed by atoms with Gasteiger partial charge < -0.3 is 10.1 Å². The summed E-state index contributed by atoms with van der Waals surface area (Å²) in [5, 5.41) is 7.72. The monoisotopic (exact) mass is 348 g/mol. The standard InChI is InChI=1S/C17H20N2O4S/c1-2-3-12-23-15-8-4-13(5-9-15)17(20)19-14-6-10-16(11-7-14)24(18,21)22/h4-11H,2-3,12H2,1H3,(H,19,20)(H2,18,21,22). The topological polar surface area (TPSA) is 98.5 Å². The zero-order chi connectivity index (χ0) is 17.6. The summed E-state index contributed by atoms with van der Waals surface area (Å²) in [6, 6.07) is 12.5. The molecule has 2 aromatic rings. The largest absolute Gasteiger partial charge is 0.494 e. The Kier molecular flexibility index (Phi) is 5.94. The van der Waals surface area contributed by atoms with Crippen LogP contribution in [0.1, 0.15) is 30.1 Å². The average molecular weight is 348 g/mol. The zero-order valence-electron chi connectivity index (χ0n) is 13.4. The number of sulfonamides is 1. The van der Waals surface area contributed by atoms with Gasteiger partial charge in [-0.2, -0.15) is 0 Å². The molecular weight excluding hydrogens is 328 g/mol. The van der Waals surface area contributed by atoms with Crippen molar-refractivity contribution in [2.45, 2.75) is 24.7 Å². The molecule has 0 bridgehead atoms. The van der Waals surface area contributed by atoms with E-state index in [1.807, 2.05) is 0 Å². The van der Waals surface area contributed by atoms with E-state index in [9.17, 15) is 13.2 Å². The van der Waals surface area contributed by atoms with Crippen molar-refractivity contribution in [3.05, 3.63) is 54.1 Å². The molecule has 0 unspecified atom stereocenters. The third-order valence-corrected chi connectivity index (χ3v) is 4.25. The average Bonchev–Trinajstić information content (AvgIpc) is 2.55. The van der Waals surface area contributed by atoms with Crippen molar-refractivity contribution in [2.75, 3.05) is 11.9 Å². The van der Waals surface area contributed by atoms with Crippen LogP contribution < -0.4 is 15.2 Å². The number of ether oxygens (including phenoxy) is 1. The number of anilines is 1. The van der Waals surface area contributed by atoms with Crippen LogP contribution in [0.2, 0.25) is 0 Å². The van der Waals surface area contributed by atoms with E-state index < -0.39 is 10.0 Å². The number of carbonyl (C=O) groups is 1. The minimum absolute atomic E-state index is 0.00548. The highest BCUT2D eigenvalue weighted by Crippen LogP contribution is 2.16. The van der Waals surface area contributed by atoms with Gasteiger partial charge in [0.2, 0.25) is 10.0 Å². The van der Waals surface area contributed by atoms with Crippen molar-refractivity contribution >= 4 is 21.6 Å². The molecular formula is C17H20N2O4S. The second kappa shape index (κ2) is 7.94. The van der Waals surface area contributed by atoms with E-state index in [0.717, 1.165) is 18.6 Å². The van der Waals surface area contributed by atoms with Crippen molar-refractivity contribution in [2.24, 2.45) is 5.14 Å². The smallest absolute Gasteiger partial charge is 0.255 e. The van der Waals surface area contributed by atoms with Crippen molar-refractivity contribution in [1.82, 2.24) is 0 Å². The Labute approximate surface area is 141 Å². The minimum Gasteiger partial charge on any atom is -0.494 e. The van der Waals surface area contributed by atoms with Crippen LogP contribution in [0.3, 0.4) is 0 Å². The van der Waals surface area contributed by atoms with Crippen LogP contribution in [0, 0.1) is 0 Å². The van der Waals surface area contributed by atoms with Gasteiger partial charge in [0.05, 0.1) is 11.5 Å². The van der Waals surface area contributed by atoms with E-state index in [1.165, 1.54) is 24.3 Å². The van der Waals surface area contributed by atoms with Crippen LogP contribution in [0.15, 0.2) is 53.4 Å². The van der Waals surface area contributed by atoms with E-state index in [2.05, 4.69) is 12.2 Å². The first-order valence-electron chi connectivity index (χ1n) is 7.57. The number of rotatable bonds is 7. The van der Waals surface area contributed by atoms with Gasteiger partial charge in [-0.15, -0.1) is 0 Å². The molecule has 3 N–H and O–H groups in total. The normalized spacial score (nSPS) is 11.1. The van der Waals surface area contributed by atoms with Crippen LogP contribution in [-0.2, 0) is 10.0 Å². The molecule has 0 fully saturated rings. The summed E-state index contributed by atoms with van der Waals surface area (Å²) in [7, 11) is -3.74. The van der Waals surface area contributed by atoms with E-state index in [1.54, 1.807) is 24.3 Å². The molecule has 2 aromatic carbocycles. The van der Waals surface area contributed by atoms with Gasteiger partial charge in [-0.25, -0.2) is 13.6 Å². The molecule has 2 rings (SSSR count). The lowest BCUT2D eigenvalue weighted by Gasteiger charge is -2.08. The van der Waals surface area contributed by atoms with Crippen LogP contribution in [-0.4, -0.2) is 20.9 Å². The molecule has 0 aliphatic heterocycles. The van der Waals surface area contributed by atoms with Gasteiger partial charge in [-0.3, -0.25) is 4.79 Å². The fourth-order valence-electron chi connectivity index (χ4n) is 1.97. The number of hydrogen-bond acceptors (Lipinski definition) is 4. The lowest BCUT2D eigenvalue weighted by Crippen LogP contribution is -2.13. The minimum atomic E-state index is -3.74. The lowest BCUT2D eigenvalue weighted by atomic mass is 10.2. The summed E-state index contributed by atoms with van der Waals surface area (Å²) in [4.78, 5) is 12.2. The Morgan fingerprint density at radius 1 is 1.08 bits per heavy atom. The van der Waals surface area contributed by atoms with Gasteiger partial charge in [0.1, 0.15) is 5.75 Å². The summed E-state index contributed by atoms with van der Waals surface area (Å²) in [6.07, 6.45) is 2.04. The summed E-state index contributed by atoms with van der Waals surface area (Å²) < 4.78 is 27.9. The Morgan fingerprint density at radius 3 is 2.25 bits per heavy atom. The van der Waals surface area contributed by atoms with Crippen LogP contribution >= 0.6 is 0 Å².